The van der Waals surface area contributed by atoms with E-state index >= 15 is 0 Å². The van der Waals surface area contributed by atoms with E-state index in [0.717, 1.165) is 5.56 Å². The molecule has 0 saturated carbocycles. The smallest absolute Gasteiger partial charge is 0.248 e. The summed E-state index contributed by atoms with van der Waals surface area (Å²) in [5.74, 6) is -0.766. The van der Waals surface area contributed by atoms with Crippen LogP contribution >= 0.6 is 23.2 Å². The number of carbonyl (C=O) groups is 1. The lowest BCUT2D eigenvalue weighted by Crippen LogP contribution is -2.07. The minimum Gasteiger partial charge on any atom is -0.322 e. The molecule has 0 aliphatic heterocycles. The molecule has 1 N–H and O–H groups in total. The first-order valence-corrected chi connectivity index (χ1v) is 6.50. The zero-order valence-corrected chi connectivity index (χ0v) is 11.8. The SMILES string of the molecule is O=C(/C=C/c1ccc(Cl)c(Cl)c1)Nc1cccc(F)c1. The van der Waals surface area contributed by atoms with Crippen molar-refractivity contribution in [3.05, 3.63) is 70.0 Å². The Hall–Kier alpha value is -1.84. The van der Waals surface area contributed by atoms with Crippen molar-refractivity contribution in [2.45, 2.75) is 0 Å². The monoisotopic (exact) mass is 309 g/mol. The number of nitrogens with one attached hydrogen (secondary N) is 1. The molecule has 0 heterocycles. The molecular formula is C15H10Cl2FNO. The summed E-state index contributed by atoms with van der Waals surface area (Å²) < 4.78 is 13.0. The first-order valence-electron chi connectivity index (χ1n) is 5.74. The summed E-state index contributed by atoms with van der Waals surface area (Å²) >= 11 is 11.7. The van der Waals surface area contributed by atoms with Crippen LogP contribution in [0.15, 0.2) is 48.5 Å². The Morgan fingerprint density at radius 1 is 1.10 bits per heavy atom. The number of hydrogen-bond acceptors (Lipinski definition) is 1. The molecule has 0 aromatic heterocycles. The van der Waals surface area contributed by atoms with Crippen LogP contribution in [-0.4, -0.2) is 5.91 Å². The molecule has 102 valence electrons. The van der Waals surface area contributed by atoms with E-state index in [9.17, 15) is 9.18 Å². The van der Waals surface area contributed by atoms with Crippen LogP contribution in [0.5, 0.6) is 0 Å². The van der Waals surface area contributed by atoms with Crippen molar-refractivity contribution in [1.29, 1.82) is 0 Å². The molecule has 2 rings (SSSR count). The van der Waals surface area contributed by atoms with Crippen molar-refractivity contribution in [2.75, 3.05) is 5.32 Å². The van der Waals surface area contributed by atoms with Gasteiger partial charge in [-0.15, -0.1) is 0 Å². The van der Waals surface area contributed by atoms with Crippen LogP contribution in [0.25, 0.3) is 6.08 Å². The summed E-state index contributed by atoms with van der Waals surface area (Å²) in [6, 6.07) is 10.7. The summed E-state index contributed by atoms with van der Waals surface area (Å²) in [5, 5.41) is 3.42. The average Bonchev–Trinajstić information content (AvgIpc) is 2.40. The van der Waals surface area contributed by atoms with Crippen molar-refractivity contribution in [3.63, 3.8) is 0 Å². The quantitative estimate of drug-likeness (QED) is 0.812. The molecule has 5 heteroatoms. The first kappa shape index (κ1) is 14.6. The van der Waals surface area contributed by atoms with E-state index in [1.165, 1.54) is 24.3 Å². The molecule has 0 spiro atoms. The number of benzene rings is 2. The summed E-state index contributed by atoms with van der Waals surface area (Å²) in [6.07, 6.45) is 2.93. The van der Waals surface area contributed by atoms with E-state index in [1.54, 1.807) is 30.3 Å². The van der Waals surface area contributed by atoms with E-state index in [2.05, 4.69) is 5.32 Å². The second-order valence-corrected chi connectivity index (χ2v) is 4.82. The Bertz CT molecular complexity index is 671. The summed E-state index contributed by atoms with van der Waals surface area (Å²) in [7, 11) is 0. The normalized spacial score (nSPS) is 10.8. The molecule has 0 aliphatic carbocycles. The maximum absolute atomic E-state index is 13.0. The maximum atomic E-state index is 13.0. The number of anilines is 1. The number of hydrogen-bond donors (Lipinski definition) is 1. The van der Waals surface area contributed by atoms with Gasteiger partial charge in [-0.25, -0.2) is 4.39 Å². The Morgan fingerprint density at radius 3 is 2.60 bits per heavy atom. The van der Waals surface area contributed by atoms with Gasteiger partial charge in [0.2, 0.25) is 5.91 Å². The third-order valence-electron chi connectivity index (χ3n) is 2.46. The topological polar surface area (TPSA) is 29.1 Å². The summed E-state index contributed by atoms with van der Waals surface area (Å²) in [6.45, 7) is 0. The predicted octanol–water partition coefficient (Wildman–Crippen LogP) is 4.78. The zero-order valence-electron chi connectivity index (χ0n) is 10.2. The van der Waals surface area contributed by atoms with Crippen LogP contribution in [0.3, 0.4) is 0 Å². The second-order valence-electron chi connectivity index (χ2n) is 4.01. The minimum atomic E-state index is -0.406. The fourth-order valence-electron chi connectivity index (χ4n) is 1.54. The third kappa shape index (κ3) is 4.08. The molecule has 0 unspecified atom stereocenters. The van der Waals surface area contributed by atoms with Gasteiger partial charge in [0.1, 0.15) is 5.82 Å². The number of carbonyl (C=O) groups excluding carboxylic acids is 1. The summed E-state index contributed by atoms with van der Waals surface area (Å²) in [4.78, 5) is 11.7. The molecule has 0 aliphatic rings. The van der Waals surface area contributed by atoms with E-state index < -0.39 is 5.82 Å². The Balaban J connectivity index is 2.03. The number of rotatable bonds is 3. The van der Waals surface area contributed by atoms with Crippen molar-refractivity contribution in [1.82, 2.24) is 0 Å². The molecule has 0 radical (unpaired) electrons. The van der Waals surface area contributed by atoms with E-state index in [1.807, 2.05) is 0 Å². The molecule has 0 fully saturated rings. The molecule has 0 bridgehead atoms. The highest BCUT2D eigenvalue weighted by atomic mass is 35.5. The van der Waals surface area contributed by atoms with Gasteiger partial charge in [-0.3, -0.25) is 4.79 Å². The first-order chi connectivity index (χ1) is 9.54. The maximum Gasteiger partial charge on any atom is 0.248 e. The van der Waals surface area contributed by atoms with Gasteiger partial charge < -0.3 is 5.32 Å². The Morgan fingerprint density at radius 2 is 1.90 bits per heavy atom. The Labute approximate surface area is 125 Å². The van der Waals surface area contributed by atoms with Crippen LogP contribution < -0.4 is 5.32 Å². The van der Waals surface area contributed by atoms with Gasteiger partial charge in [0, 0.05) is 11.8 Å². The molecule has 2 aromatic carbocycles. The highest BCUT2D eigenvalue weighted by Crippen LogP contribution is 2.23. The van der Waals surface area contributed by atoms with Gasteiger partial charge in [-0.05, 0) is 42.0 Å². The van der Waals surface area contributed by atoms with Gasteiger partial charge >= 0.3 is 0 Å². The second kappa shape index (κ2) is 6.55. The predicted molar refractivity (Wildman–Crippen MR) is 80.5 cm³/mol. The highest BCUT2D eigenvalue weighted by Gasteiger charge is 2.00. The number of amides is 1. The standard InChI is InChI=1S/C15H10Cl2FNO/c16-13-6-4-10(8-14(13)17)5-7-15(20)19-12-3-1-2-11(18)9-12/h1-9H,(H,19,20)/b7-5+. The van der Waals surface area contributed by atoms with Crippen LogP contribution in [0.2, 0.25) is 10.0 Å². The lowest BCUT2D eigenvalue weighted by molar-refractivity contribution is -0.111. The van der Waals surface area contributed by atoms with Crippen LogP contribution in [0, 0.1) is 5.82 Å². The largest absolute Gasteiger partial charge is 0.322 e. The third-order valence-corrected chi connectivity index (χ3v) is 3.20. The van der Waals surface area contributed by atoms with Gasteiger partial charge in [-0.2, -0.15) is 0 Å². The van der Waals surface area contributed by atoms with Crippen LogP contribution in [-0.2, 0) is 4.79 Å². The molecule has 2 aromatic rings. The van der Waals surface area contributed by atoms with Gasteiger partial charge in [0.25, 0.3) is 0 Å². The van der Waals surface area contributed by atoms with Crippen molar-refractivity contribution in [2.24, 2.45) is 0 Å². The van der Waals surface area contributed by atoms with E-state index in [-0.39, 0.29) is 5.91 Å². The van der Waals surface area contributed by atoms with Gasteiger partial charge in [0.05, 0.1) is 10.0 Å². The fraction of sp³-hybridized carbons (Fsp3) is 0. The molecule has 0 atom stereocenters. The van der Waals surface area contributed by atoms with E-state index in [0.29, 0.717) is 15.7 Å². The van der Waals surface area contributed by atoms with E-state index in [4.69, 9.17) is 23.2 Å². The summed E-state index contributed by atoms with van der Waals surface area (Å²) in [5.41, 5.74) is 1.14. The van der Waals surface area contributed by atoms with Crippen molar-refractivity contribution in [3.8, 4) is 0 Å². The van der Waals surface area contributed by atoms with Crippen LogP contribution in [0.4, 0.5) is 10.1 Å². The molecule has 2 nitrogen and oxygen atoms in total. The van der Waals surface area contributed by atoms with Crippen LogP contribution in [0.1, 0.15) is 5.56 Å². The average molecular weight is 310 g/mol. The molecule has 1 amide bonds. The zero-order chi connectivity index (χ0) is 14.5. The lowest BCUT2D eigenvalue weighted by atomic mass is 10.2. The van der Waals surface area contributed by atoms with Crippen molar-refractivity contribution < 1.29 is 9.18 Å². The van der Waals surface area contributed by atoms with Crippen molar-refractivity contribution >= 4 is 40.9 Å². The van der Waals surface area contributed by atoms with Gasteiger partial charge in [0.15, 0.2) is 0 Å². The molecule has 0 saturated heterocycles. The molecular weight excluding hydrogens is 300 g/mol. The lowest BCUT2D eigenvalue weighted by Gasteiger charge is -2.02. The number of halogens is 3. The Kier molecular flexibility index (Phi) is 4.77. The fourth-order valence-corrected chi connectivity index (χ4v) is 1.84. The van der Waals surface area contributed by atoms with Gasteiger partial charge in [-0.1, -0.05) is 35.3 Å². The molecule has 20 heavy (non-hydrogen) atoms. The minimum absolute atomic E-state index is 0.360. The highest BCUT2D eigenvalue weighted by molar-refractivity contribution is 6.42.